The number of hydrogen-bond donors (Lipinski definition) is 1. The molecule has 7 nitrogen and oxygen atoms in total. The predicted molar refractivity (Wildman–Crippen MR) is 105 cm³/mol. The number of carboxylic acid groups (broad SMARTS) is 1. The molecule has 0 radical (unpaired) electrons. The van der Waals surface area contributed by atoms with Gasteiger partial charge in [0.2, 0.25) is 0 Å². The standard InChI is InChI=1S/C20H25N3O4/c24-20(25)10-2-1-5-13-21-14-6-7-15-22(21)18-11-12-19(23(26)27)17-9-4-3-8-16(17)18/h3-4,8-9,11-12H,1-2,5-7,10,13-15H2,(H,24,25). The molecule has 0 aromatic heterocycles. The Morgan fingerprint density at radius 1 is 1.04 bits per heavy atom. The van der Waals surface area contributed by atoms with Crippen LogP contribution < -0.4 is 5.01 Å². The van der Waals surface area contributed by atoms with Crippen LogP contribution in [0.25, 0.3) is 10.8 Å². The molecule has 144 valence electrons. The molecular weight excluding hydrogens is 346 g/mol. The number of nitro groups is 1. The van der Waals surface area contributed by atoms with E-state index in [2.05, 4.69) is 10.0 Å². The Hall–Kier alpha value is -2.67. The predicted octanol–water partition coefficient (Wildman–Crippen LogP) is 4.21. The molecule has 2 aromatic carbocycles. The Morgan fingerprint density at radius 2 is 1.78 bits per heavy atom. The van der Waals surface area contributed by atoms with E-state index in [1.807, 2.05) is 24.3 Å². The van der Waals surface area contributed by atoms with Gasteiger partial charge in [0, 0.05) is 37.5 Å². The van der Waals surface area contributed by atoms with E-state index in [1.54, 1.807) is 12.1 Å². The minimum Gasteiger partial charge on any atom is -0.481 e. The van der Waals surface area contributed by atoms with Gasteiger partial charge in [-0.25, -0.2) is 5.01 Å². The maximum absolute atomic E-state index is 11.4. The summed E-state index contributed by atoms with van der Waals surface area (Å²) in [5.41, 5.74) is 1.13. The van der Waals surface area contributed by atoms with Crippen LogP contribution in [0.1, 0.15) is 38.5 Å². The molecule has 0 aliphatic carbocycles. The van der Waals surface area contributed by atoms with Crippen LogP contribution in [0.2, 0.25) is 0 Å². The normalized spacial score (nSPS) is 15.2. The van der Waals surface area contributed by atoms with E-state index < -0.39 is 5.97 Å². The van der Waals surface area contributed by atoms with Crippen molar-refractivity contribution in [3.63, 3.8) is 0 Å². The molecule has 1 fully saturated rings. The van der Waals surface area contributed by atoms with Crippen molar-refractivity contribution in [2.45, 2.75) is 38.5 Å². The van der Waals surface area contributed by atoms with Crippen molar-refractivity contribution >= 4 is 28.1 Å². The summed E-state index contributed by atoms with van der Waals surface area (Å²) in [4.78, 5) is 21.7. The van der Waals surface area contributed by atoms with Crippen molar-refractivity contribution in [1.82, 2.24) is 5.01 Å². The highest BCUT2D eigenvalue weighted by atomic mass is 16.6. The molecule has 2 aromatic rings. The lowest BCUT2D eigenvalue weighted by Gasteiger charge is -2.41. The molecule has 7 heteroatoms. The molecule has 0 spiro atoms. The maximum atomic E-state index is 11.4. The van der Waals surface area contributed by atoms with E-state index in [1.165, 1.54) is 0 Å². The molecule has 3 rings (SSSR count). The zero-order valence-corrected chi connectivity index (χ0v) is 15.3. The third-order valence-corrected chi connectivity index (χ3v) is 5.04. The topological polar surface area (TPSA) is 86.9 Å². The second-order valence-electron chi connectivity index (χ2n) is 6.89. The molecule has 1 aliphatic rings. The number of unbranched alkanes of at least 4 members (excludes halogenated alkanes) is 2. The van der Waals surface area contributed by atoms with Crippen molar-refractivity contribution in [3.8, 4) is 0 Å². The van der Waals surface area contributed by atoms with Crippen LogP contribution in [0.4, 0.5) is 11.4 Å². The van der Waals surface area contributed by atoms with Crippen LogP contribution in [0.3, 0.4) is 0 Å². The van der Waals surface area contributed by atoms with E-state index >= 15 is 0 Å². The summed E-state index contributed by atoms with van der Waals surface area (Å²) in [5, 5.41) is 26.2. The van der Waals surface area contributed by atoms with Crippen LogP contribution in [0.5, 0.6) is 0 Å². The minimum atomic E-state index is -0.744. The van der Waals surface area contributed by atoms with Crippen LogP contribution in [0, 0.1) is 10.1 Å². The number of nitrogens with zero attached hydrogens (tertiary/aromatic N) is 3. The smallest absolute Gasteiger partial charge is 0.303 e. The summed E-state index contributed by atoms with van der Waals surface area (Å²) >= 11 is 0. The van der Waals surface area contributed by atoms with E-state index in [9.17, 15) is 14.9 Å². The number of carbonyl (C=O) groups is 1. The fraction of sp³-hybridized carbons (Fsp3) is 0.450. The van der Waals surface area contributed by atoms with Gasteiger partial charge >= 0.3 is 5.97 Å². The fourth-order valence-electron chi connectivity index (χ4n) is 3.72. The first-order valence-corrected chi connectivity index (χ1v) is 9.48. The van der Waals surface area contributed by atoms with E-state index in [0.29, 0.717) is 11.8 Å². The molecule has 1 aliphatic heterocycles. The van der Waals surface area contributed by atoms with Gasteiger partial charge in [-0.05, 0) is 37.8 Å². The maximum Gasteiger partial charge on any atom is 0.303 e. The van der Waals surface area contributed by atoms with Crippen molar-refractivity contribution < 1.29 is 14.8 Å². The van der Waals surface area contributed by atoms with Crippen LogP contribution in [-0.4, -0.2) is 40.6 Å². The van der Waals surface area contributed by atoms with Gasteiger partial charge in [0.15, 0.2) is 0 Å². The third kappa shape index (κ3) is 4.54. The molecule has 1 saturated heterocycles. The van der Waals surface area contributed by atoms with Gasteiger partial charge in [-0.15, -0.1) is 0 Å². The Balaban J connectivity index is 1.79. The zero-order chi connectivity index (χ0) is 19.2. The average Bonchev–Trinajstić information content (AvgIpc) is 2.67. The van der Waals surface area contributed by atoms with Crippen LogP contribution in [-0.2, 0) is 4.79 Å². The van der Waals surface area contributed by atoms with Crippen LogP contribution >= 0.6 is 0 Å². The lowest BCUT2D eigenvalue weighted by molar-refractivity contribution is -0.383. The lowest BCUT2D eigenvalue weighted by atomic mass is 10.1. The summed E-state index contributed by atoms with van der Waals surface area (Å²) in [6.07, 6.45) is 4.95. The number of benzene rings is 2. The SMILES string of the molecule is O=C(O)CCCCCN1CCCCN1c1ccc([N+](=O)[O-])c2ccccc12. The number of carboxylic acids is 1. The second kappa shape index (κ2) is 8.81. The highest BCUT2D eigenvalue weighted by Gasteiger charge is 2.23. The second-order valence-corrected chi connectivity index (χ2v) is 6.89. The molecule has 0 unspecified atom stereocenters. The first-order chi connectivity index (χ1) is 13.1. The van der Waals surface area contributed by atoms with E-state index in [-0.39, 0.29) is 17.0 Å². The number of fused-ring (bicyclic) bond motifs is 1. The molecule has 0 bridgehead atoms. The number of non-ortho nitro benzene ring substituents is 1. The van der Waals surface area contributed by atoms with Crippen molar-refractivity contribution in [1.29, 1.82) is 0 Å². The van der Waals surface area contributed by atoms with Gasteiger partial charge in [-0.3, -0.25) is 14.9 Å². The van der Waals surface area contributed by atoms with Gasteiger partial charge in [-0.2, -0.15) is 0 Å². The average molecular weight is 371 g/mol. The lowest BCUT2D eigenvalue weighted by Crippen LogP contribution is -2.48. The summed E-state index contributed by atoms with van der Waals surface area (Å²) < 4.78 is 0. The first kappa shape index (κ1) is 19.1. The minimum absolute atomic E-state index is 0.131. The number of hydrogen-bond acceptors (Lipinski definition) is 5. The van der Waals surface area contributed by atoms with Gasteiger partial charge in [0.25, 0.3) is 5.69 Å². The molecule has 0 atom stereocenters. The van der Waals surface area contributed by atoms with E-state index in [0.717, 1.165) is 56.4 Å². The summed E-state index contributed by atoms with van der Waals surface area (Å²) in [6, 6.07) is 10.9. The Morgan fingerprint density at radius 3 is 2.52 bits per heavy atom. The quantitative estimate of drug-likeness (QED) is 0.425. The summed E-state index contributed by atoms with van der Waals surface area (Å²) in [5.74, 6) is -0.744. The number of anilines is 1. The van der Waals surface area contributed by atoms with Crippen LogP contribution in [0.15, 0.2) is 36.4 Å². The van der Waals surface area contributed by atoms with E-state index in [4.69, 9.17) is 5.11 Å². The molecule has 0 saturated carbocycles. The Labute approximate surface area is 158 Å². The third-order valence-electron chi connectivity index (χ3n) is 5.04. The van der Waals surface area contributed by atoms with Crippen molar-refractivity contribution in [3.05, 3.63) is 46.5 Å². The molecular formula is C20H25N3O4. The number of hydrazine groups is 1. The van der Waals surface area contributed by atoms with Gasteiger partial charge in [0.1, 0.15) is 0 Å². The van der Waals surface area contributed by atoms with Gasteiger partial charge in [0.05, 0.1) is 16.0 Å². The summed E-state index contributed by atoms with van der Waals surface area (Å²) in [7, 11) is 0. The van der Waals surface area contributed by atoms with Gasteiger partial charge < -0.3 is 10.1 Å². The number of rotatable bonds is 8. The monoisotopic (exact) mass is 371 g/mol. The molecule has 1 heterocycles. The first-order valence-electron chi connectivity index (χ1n) is 9.48. The molecule has 27 heavy (non-hydrogen) atoms. The van der Waals surface area contributed by atoms with Crippen molar-refractivity contribution in [2.24, 2.45) is 0 Å². The Bertz CT molecular complexity index is 824. The molecule has 1 N–H and O–H groups in total. The highest BCUT2D eigenvalue weighted by Crippen LogP contribution is 2.35. The number of nitro benzene ring substituents is 1. The fourth-order valence-corrected chi connectivity index (χ4v) is 3.72. The van der Waals surface area contributed by atoms with Gasteiger partial charge in [-0.1, -0.05) is 24.6 Å². The van der Waals surface area contributed by atoms with Crippen molar-refractivity contribution in [2.75, 3.05) is 24.6 Å². The zero-order valence-electron chi connectivity index (χ0n) is 15.3. The summed E-state index contributed by atoms with van der Waals surface area (Å²) in [6.45, 7) is 2.70. The number of aliphatic carboxylic acids is 1. The largest absolute Gasteiger partial charge is 0.481 e. The molecule has 0 amide bonds. The highest BCUT2D eigenvalue weighted by molar-refractivity contribution is 5.99. The Kier molecular flexibility index (Phi) is 6.24.